The van der Waals surface area contributed by atoms with Crippen molar-refractivity contribution in [3.63, 3.8) is 0 Å². The number of phenols is 1. The number of rotatable bonds is 3. The first-order valence-electron chi connectivity index (χ1n) is 7.88. The number of hydrogen-bond acceptors (Lipinski definition) is 1. The van der Waals surface area contributed by atoms with Crippen molar-refractivity contribution in [2.24, 2.45) is 0 Å². The lowest BCUT2D eigenvalue weighted by molar-refractivity contribution is 0.476. The Bertz CT molecular complexity index is 925. The van der Waals surface area contributed by atoms with Crippen molar-refractivity contribution in [1.29, 1.82) is 0 Å². The molecule has 0 aliphatic carbocycles. The van der Waals surface area contributed by atoms with Crippen molar-refractivity contribution in [2.45, 2.75) is 14.7 Å². The van der Waals surface area contributed by atoms with Crippen molar-refractivity contribution in [3.8, 4) is 5.75 Å². The minimum Gasteiger partial charge on any atom is -0.508 e. The standard InChI is InChI=1S/C22H16OS/c23-19-13-11-18-16-22(14-12-17(18)15-19)24(20-7-3-1-4-8-20)21-9-5-2-6-10-21/h1-16H/p+1. The molecule has 24 heavy (non-hydrogen) atoms. The van der Waals surface area contributed by atoms with E-state index in [2.05, 4.69) is 78.9 Å². The molecule has 0 atom stereocenters. The van der Waals surface area contributed by atoms with Crippen LogP contribution in [0.5, 0.6) is 5.75 Å². The fraction of sp³-hybridized carbons (Fsp3) is 0. The Morgan fingerprint density at radius 3 is 1.67 bits per heavy atom. The molecule has 0 fully saturated rings. The Balaban J connectivity index is 1.89. The van der Waals surface area contributed by atoms with Crippen molar-refractivity contribution in [3.05, 3.63) is 97.1 Å². The van der Waals surface area contributed by atoms with Crippen molar-refractivity contribution in [2.75, 3.05) is 0 Å². The van der Waals surface area contributed by atoms with Crippen molar-refractivity contribution >= 4 is 21.7 Å². The van der Waals surface area contributed by atoms with E-state index in [1.807, 2.05) is 12.1 Å². The first-order valence-corrected chi connectivity index (χ1v) is 9.11. The Labute approximate surface area is 144 Å². The average Bonchev–Trinajstić information content (AvgIpc) is 2.64. The Kier molecular flexibility index (Phi) is 3.97. The molecule has 4 aromatic rings. The highest BCUT2D eigenvalue weighted by atomic mass is 32.2. The van der Waals surface area contributed by atoms with Crippen LogP contribution in [0.4, 0.5) is 0 Å². The van der Waals surface area contributed by atoms with Gasteiger partial charge in [-0.1, -0.05) is 42.5 Å². The highest BCUT2D eigenvalue weighted by Gasteiger charge is 2.28. The summed E-state index contributed by atoms with van der Waals surface area (Å²) in [5.74, 6) is 0.306. The van der Waals surface area contributed by atoms with E-state index in [9.17, 15) is 5.11 Å². The number of hydrogen-bond donors (Lipinski definition) is 1. The Hall–Kier alpha value is -2.71. The maximum atomic E-state index is 9.67. The lowest BCUT2D eigenvalue weighted by Crippen LogP contribution is -2.04. The molecular formula is C22H17OS+. The van der Waals surface area contributed by atoms with Crippen LogP contribution in [-0.2, 0) is 10.9 Å². The van der Waals surface area contributed by atoms with Crippen LogP contribution >= 0.6 is 0 Å². The molecule has 0 saturated heterocycles. The van der Waals surface area contributed by atoms with Crippen LogP contribution in [0.25, 0.3) is 10.8 Å². The molecule has 0 unspecified atom stereocenters. The topological polar surface area (TPSA) is 20.2 Å². The summed E-state index contributed by atoms with van der Waals surface area (Å²) in [4.78, 5) is 3.90. The molecule has 1 nitrogen and oxygen atoms in total. The summed E-state index contributed by atoms with van der Waals surface area (Å²) in [6, 6.07) is 33.3. The Morgan fingerprint density at radius 2 is 1.04 bits per heavy atom. The van der Waals surface area contributed by atoms with Gasteiger partial charge in [0, 0.05) is 6.07 Å². The fourth-order valence-corrected chi connectivity index (χ4v) is 4.98. The van der Waals surface area contributed by atoms with E-state index >= 15 is 0 Å². The van der Waals surface area contributed by atoms with E-state index in [1.165, 1.54) is 14.7 Å². The minimum absolute atomic E-state index is 0.139. The molecule has 0 radical (unpaired) electrons. The zero-order valence-electron chi connectivity index (χ0n) is 13.1. The molecule has 0 heterocycles. The normalized spacial score (nSPS) is 11.0. The van der Waals surface area contributed by atoms with E-state index in [0.717, 1.165) is 10.8 Å². The predicted molar refractivity (Wildman–Crippen MR) is 101 cm³/mol. The molecule has 0 spiro atoms. The van der Waals surface area contributed by atoms with Crippen LogP contribution in [0.2, 0.25) is 0 Å². The van der Waals surface area contributed by atoms with Gasteiger partial charge in [-0.15, -0.1) is 0 Å². The van der Waals surface area contributed by atoms with Gasteiger partial charge < -0.3 is 5.11 Å². The van der Waals surface area contributed by atoms with E-state index in [0.29, 0.717) is 5.75 Å². The largest absolute Gasteiger partial charge is 0.508 e. The molecule has 116 valence electrons. The summed E-state index contributed by atoms with van der Waals surface area (Å²) in [7, 11) is -0.139. The number of fused-ring (bicyclic) bond motifs is 1. The van der Waals surface area contributed by atoms with Crippen molar-refractivity contribution in [1.82, 2.24) is 0 Å². The number of aromatic hydroxyl groups is 1. The molecule has 4 rings (SSSR count). The van der Waals surface area contributed by atoms with Gasteiger partial charge in [0.2, 0.25) is 0 Å². The van der Waals surface area contributed by atoms with Crippen LogP contribution in [-0.4, -0.2) is 5.11 Å². The van der Waals surface area contributed by atoms with Gasteiger partial charge in [-0.3, -0.25) is 0 Å². The van der Waals surface area contributed by atoms with Gasteiger partial charge in [0.15, 0.2) is 14.7 Å². The van der Waals surface area contributed by atoms with Gasteiger partial charge in [0.05, 0.1) is 10.9 Å². The first kappa shape index (κ1) is 14.9. The van der Waals surface area contributed by atoms with Gasteiger partial charge in [0.25, 0.3) is 0 Å². The lowest BCUT2D eigenvalue weighted by Gasteiger charge is -2.09. The third-order valence-electron chi connectivity index (χ3n) is 3.99. The smallest absolute Gasteiger partial charge is 0.167 e. The number of phenolic OH excluding ortho intramolecular Hbond substituents is 1. The van der Waals surface area contributed by atoms with E-state index in [1.54, 1.807) is 6.07 Å². The lowest BCUT2D eigenvalue weighted by atomic mass is 10.1. The second kappa shape index (κ2) is 6.42. The molecule has 4 aromatic carbocycles. The Morgan fingerprint density at radius 1 is 0.500 bits per heavy atom. The first-order chi connectivity index (χ1) is 11.8. The molecule has 2 heteroatoms. The highest BCUT2D eigenvalue weighted by molar-refractivity contribution is 7.97. The summed E-state index contributed by atoms with van der Waals surface area (Å²) in [6.45, 7) is 0. The summed E-state index contributed by atoms with van der Waals surface area (Å²) in [5, 5.41) is 11.9. The average molecular weight is 329 g/mol. The van der Waals surface area contributed by atoms with Gasteiger partial charge >= 0.3 is 0 Å². The summed E-state index contributed by atoms with van der Waals surface area (Å²) < 4.78 is 0. The highest BCUT2D eigenvalue weighted by Crippen LogP contribution is 2.33. The van der Waals surface area contributed by atoms with Gasteiger partial charge in [-0.05, 0) is 59.3 Å². The molecular weight excluding hydrogens is 312 g/mol. The fourth-order valence-electron chi connectivity index (χ4n) is 2.86. The molecule has 0 aliphatic heterocycles. The summed E-state index contributed by atoms with van der Waals surface area (Å²) in [6.07, 6.45) is 0. The molecule has 0 amide bonds. The van der Waals surface area contributed by atoms with Crippen LogP contribution in [0.3, 0.4) is 0 Å². The van der Waals surface area contributed by atoms with Crippen LogP contribution in [0.15, 0.2) is 112 Å². The maximum absolute atomic E-state index is 9.67. The molecule has 0 aliphatic rings. The summed E-state index contributed by atoms with van der Waals surface area (Å²) in [5.41, 5.74) is 0. The second-order valence-electron chi connectivity index (χ2n) is 5.63. The van der Waals surface area contributed by atoms with Crippen molar-refractivity contribution < 1.29 is 5.11 Å². The van der Waals surface area contributed by atoms with Gasteiger partial charge in [-0.2, -0.15) is 0 Å². The molecule has 0 saturated carbocycles. The van der Waals surface area contributed by atoms with Gasteiger partial charge in [0.1, 0.15) is 5.75 Å². The van der Waals surface area contributed by atoms with Gasteiger partial charge in [-0.25, -0.2) is 0 Å². The van der Waals surface area contributed by atoms with E-state index in [4.69, 9.17) is 0 Å². The zero-order chi connectivity index (χ0) is 16.4. The predicted octanol–water partition coefficient (Wildman–Crippen LogP) is 5.64. The SMILES string of the molecule is Oc1ccc2cc([S+](c3ccccc3)c3ccccc3)ccc2c1. The van der Waals surface area contributed by atoms with E-state index < -0.39 is 0 Å². The molecule has 0 aromatic heterocycles. The van der Waals surface area contributed by atoms with Crippen LogP contribution in [0.1, 0.15) is 0 Å². The minimum atomic E-state index is -0.139. The summed E-state index contributed by atoms with van der Waals surface area (Å²) >= 11 is 0. The van der Waals surface area contributed by atoms with E-state index in [-0.39, 0.29) is 10.9 Å². The third kappa shape index (κ3) is 2.89. The van der Waals surface area contributed by atoms with Crippen LogP contribution < -0.4 is 0 Å². The molecule has 0 bridgehead atoms. The number of benzene rings is 4. The maximum Gasteiger partial charge on any atom is 0.167 e. The second-order valence-corrected chi connectivity index (χ2v) is 7.65. The van der Waals surface area contributed by atoms with Crippen LogP contribution in [0, 0.1) is 0 Å². The zero-order valence-corrected chi connectivity index (χ0v) is 13.9. The molecule has 1 N–H and O–H groups in total. The quantitative estimate of drug-likeness (QED) is 0.482. The third-order valence-corrected chi connectivity index (χ3v) is 6.20. The monoisotopic (exact) mass is 329 g/mol.